The third-order valence-corrected chi connectivity index (χ3v) is 6.74. The Bertz CT molecular complexity index is 621. The Morgan fingerprint density at radius 1 is 1.23 bits per heavy atom. The summed E-state index contributed by atoms with van der Waals surface area (Å²) in [6, 6.07) is 8.81. The average molecular weight is 356 g/mol. The lowest BCUT2D eigenvalue weighted by Crippen LogP contribution is -2.33. The molecule has 4 nitrogen and oxygen atoms in total. The van der Waals surface area contributed by atoms with Gasteiger partial charge in [0, 0.05) is 25.6 Å². The van der Waals surface area contributed by atoms with Crippen molar-refractivity contribution >= 4 is 5.91 Å². The Morgan fingerprint density at radius 3 is 2.69 bits per heavy atom. The maximum absolute atomic E-state index is 12.5. The van der Waals surface area contributed by atoms with Gasteiger partial charge in [0.15, 0.2) is 0 Å². The highest BCUT2D eigenvalue weighted by atomic mass is 16.2. The van der Waals surface area contributed by atoms with E-state index in [2.05, 4.69) is 46.7 Å². The minimum atomic E-state index is 0.255. The molecule has 1 saturated carbocycles. The number of piperidine rings is 2. The SMILES string of the molecule is CC1CCCN(Cc2ccc(CNC(=O)C3CC34CCNCC4)cc2)C1. The highest BCUT2D eigenvalue weighted by molar-refractivity contribution is 5.82. The van der Waals surface area contributed by atoms with Crippen LogP contribution in [-0.4, -0.2) is 37.0 Å². The third-order valence-electron chi connectivity index (χ3n) is 6.74. The van der Waals surface area contributed by atoms with Gasteiger partial charge >= 0.3 is 0 Å². The van der Waals surface area contributed by atoms with Crippen LogP contribution < -0.4 is 10.6 Å². The number of nitrogens with zero attached hydrogens (tertiary/aromatic N) is 1. The molecule has 0 radical (unpaired) electrons. The topological polar surface area (TPSA) is 44.4 Å². The third kappa shape index (κ3) is 4.12. The number of hydrogen-bond donors (Lipinski definition) is 2. The molecule has 2 N–H and O–H groups in total. The molecule has 3 fully saturated rings. The first-order valence-electron chi connectivity index (χ1n) is 10.4. The lowest BCUT2D eigenvalue weighted by molar-refractivity contribution is -0.123. The fourth-order valence-electron chi connectivity index (χ4n) is 4.96. The zero-order chi connectivity index (χ0) is 18.0. The molecule has 0 bridgehead atoms. The molecule has 1 aromatic carbocycles. The Balaban J connectivity index is 1.23. The molecular formula is C22H33N3O. The van der Waals surface area contributed by atoms with E-state index < -0.39 is 0 Å². The van der Waals surface area contributed by atoms with Crippen LogP contribution in [-0.2, 0) is 17.9 Å². The summed E-state index contributed by atoms with van der Waals surface area (Å²) < 4.78 is 0. The number of carbonyl (C=O) groups excluding carboxylic acids is 1. The van der Waals surface area contributed by atoms with E-state index in [9.17, 15) is 4.79 Å². The predicted octanol–water partition coefficient (Wildman–Crippen LogP) is 2.92. The van der Waals surface area contributed by atoms with Crippen LogP contribution >= 0.6 is 0 Å². The van der Waals surface area contributed by atoms with Crippen molar-refractivity contribution in [3.63, 3.8) is 0 Å². The molecule has 2 heterocycles. The molecule has 2 aliphatic heterocycles. The van der Waals surface area contributed by atoms with Gasteiger partial charge in [-0.2, -0.15) is 0 Å². The Kier molecular flexibility index (Phi) is 5.32. The smallest absolute Gasteiger partial charge is 0.223 e. The lowest BCUT2D eigenvalue weighted by atomic mass is 9.92. The van der Waals surface area contributed by atoms with Gasteiger partial charge in [0.1, 0.15) is 0 Å². The number of amides is 1. The van der Waals surface area contributed by atoms with E-state index in [1.165, 1.54) is 37.1 Å². The van der Waals surface area contributed by atoms with Crippen LogP contribution in [0.5, 0.6) is 0 Å². The fraction of sp³-hybridized carbons (Fsp3) is 0.682. The zero-order valence-corrected chi connectivity index (χ0v) is 16.1. The fourth-order valence-corrected chi connectivity index (χ4v) is 4.96. The second-order valence-corrected chi connectivity index (χ2v) is 8.89. The maximum atomic E-state index is 12.5. The van der Waals surface area contributed by atoms with E-state index in [0.29, 0.717) is 12.0 Å². The van der Waals surface area contributed by atoms with E-state index in [0.717, 1.165) is 44.8 Å². The maximum Gasteiger partial charge on any atom is 0.223 e. The van der Waals surface area contributed by atoms with Crippen LogP contribution in [0.15, 0.2) is 24.3 Å². The minimum absolute atomic E-state index is 0.255. The molecule has 2 unspecified atom stereocenters. The summed E-state index contributed by atoms with van der Waals surface area (Å²) in [6.45, 7) is 8.64. The largest absolute Gasteiger partial charge is 0.352 e. The average Bonchev–Trinajstić information content (AvgIpc) is 3.34. The molecule has 142 valence electrons. The van der Waals surface area contributed by atoms with Crippen LogP contribution in [0.25, 0.3) is 0 Å². The van der Waals surface area contributed by atoms with Crippen molar-refractivity contribution in [2.24, 2.45) is 17.3 Å². The molecule has 3 aliphatic rings. The van der Waals surface area contributed by atoms with Crippen molar-refractivity contribution in [3.05, 3.63) is 35.4 Å². The van der Waals surface area contributed by atoms with Gasteiger partial charge in [0.05, 0.1) is 0 Å². The van der Waals surface area contributed by atoms with Gasteiger partial charge in [-0.05, 0) is 74.2 Å². The van der Waals surface area contributed by atoms with Gasteiger partial charge in [0.2, 0.25) is 5.91 Å². The first-order valence-corrected chi connectivity index (χ1v) is 10.4. The molecule has 1 aromatic rings. The molecular weight excluding hydrogens is 322 g/mol. The van der Waals surface area contributed by atoms with Crippen LogP contribution in [0.2, 0.25) is 0 Å². The van der Waals surface area contributed by atoms with Crippen molar-refractivity contribution < 1.29 is 4.79 Å². The van der Waals surface area contributed by atoms with E-state index in [-0.39, 0.29) is 11.8 Å². The van der Waals surface area contributed by atoms with Crippen LogP contribution in [0, 0.1) is 17.3 Å². The number of rotatable bonds is 5. The van der Waals surface area contributed by atoms with E-state index in [1.807, 2.05) is 0 Å². The summed E-state index contributed by atoms with van der Waals surface area (Å²) in [5.74, 6) is 1.34. The number of hydrogen-bond acceptors (Lipinski definition) is 3. The molecule has 0 aromatic heterocycles. The summed E-state index contributed by atoms with van der Waals surface area (Å²) in [5, 5.41) is 6.57. The summed E-state index contributed by atoms with van der Waals surface area (Å²) in [6.07, 6.45) is 6.11. The van der Waals surface area contributed by atoms with Crippen molar-refractivity contribution in [2.45, 2.75) is 52.1 Å². The van der Waals surface area contributed by atoms with Crippen molar-refractivity contribution in [2.75, 3.05) is 26.2 Å². The van der Waals surface area contributed by atoms with Crippen LogP contribution in [0.4, 0.5) is 0 Å². The van der Waals surface area contributed by atoms with Gasteiger partial charge in [-0.25, -0.2) is 0 Å². The quantitative estimate of drug-likeness (QED) is 0.854. The van der Waals surface area contributed by atoms with Gasteiger partial charge in [-0.3, -0.25) is 9.69 Å². The summed E-state index contributed by atoms with van der Waals surface area (Å²) >= 11 is 0. The molecule has 26 heavy (non-hydrogen) atoms. The Morgan fingerprint density at radius 2 is 1.96 bits per heavy atom. The van der Waals surface area contributed by atoms with Crippen molar-refractivity contribution in [1.29, 1.82) is 0 Å². The van der Waals surface area contributed by atoms with E-state index in [1.54, 1.807) is 0 Å². The first kappa shape index (κ1) is 18.0. The lowest BCUT2D eigenvalue weighted by Gasteiger charge is -2.30. The molecule has 1 amide bonds. The second-order valence-electron chi connectivity index (χ2n) is 8.89. The molecule has 2 atom stereocenters. The predicted molar refractivity (Wildman–Crippen MR) is 105 cm³/mol. The van der Waals surface area contributed by atoms with Gasteiger partial charge in [-0.1, -0.05) is 31.2 Å². The number of benzene rings is 1. The molecule has 1 spiro atoms. The second kappa shape index (κ2) is 7.69. The molecule has 1 aliphatic carbocycles. The minimum Gasteiger partial charge on any atom is -0.352 e. The number of likely N-dealkylation sites (tertiary alicyclic amines) is 1. The highest BCUT2D eigenvalue weighted by Crippen LogP contribution is 2.58. The Hall–Kier alpha value is -1.39. The normalized spacial score (nSPS) is 28.0. The first-order chi connectivity index (χ1) is 12.6. The molecule has 4 rings (SSSR count). The van der Waals surface area contributed by atoms with Gasteiger partial charge < -0.3 is 10.6 Å². The summed E-state index contributed by atoms with van der Waals surface area (Å²) in [4.78, 5) is 15.0. The summed E-state index contributed by atoms with van der Waals surface area (Å²) in [5.41, 5.74) is 2.91. The Labute approximate surface area is 157 Å². The highest BCUT2D eigenvalue weighted by Gasteiger charge is 2.57. The van der Waals surface area contributed by atoms with Crippen molar-refractivity contribution in [3.8, 4) is 0 Å². The van der Waals surface area contributed by atoms with Gasteiger partial charge in [0.25, 0.3) is 0 Å². The van der Waals surface area contributed by atoms with E-state index >= 15 is 0 Å². The standard InChI is InChI=1S/C22H33N3O/c1-17-3-2-12-25(15-17)16-19-6-4-18(5-7-19)14-24-21(26)20-13-22(20)8-10-23-11-9-22/h4-7,17,20,23H,2-3,8-16H2,1H3,(H,24,26). The number of carbonyl (C=O) groups is 1. The zero-order valence-electron chi connectivity index (χ0n) is 16.1. The van der Waals surface area contributed by atoms with Gasteiger partial charge in [-0.15, -0.1) is 0 Å². The van der Waals surface area contributed by atoms with Crippen molar-refractivity contribution in [1.82, 2.24) is 15.5 Å². The molecule has 2 saturated heterocycles. The molecule has 4 heteroatoms. The number of nitrogens with one attached hydrogen (secondary N) is 2. The van der Waals surface area contributed by atoms with Crippen LogP contribution in [0.1, 0.15) is 50.2 Å². The summed E-state index contributed by atoms with van der Waals surface area (Å²) in [7, 11) is 0. The van der Waals surface area contributed by atoms with Crippen LogP contribution in [0.3, 0.4) is 0 Å². The monoisotopic (exact) mass is 355 g/mol. The van der Waals surface area contributed by atoms with E-state index in [4.69, 9.17) is 0 Å².